The lowest BCUT2D eigenvalue weighted by molar-refractivity contribution is -0.141. The molecule has 54 valence electrons. The van der Waals surface area contributed by atoms with Crippen LogP contribution in [-0.4, -0.2) is 18.1 Å². The lowest BCUT2D eigenvalue weighted by Gasteiger charge is -2.19. The van der Waals surface area contributed by atoms with E-state index >= 15 is 0 Å². The Bertz CT molecular complexity index is 199. The summed E-state index contributed by atoms with van der Waals surface area (Å²) in [5, 5.41) is 2.43. The zero-order valence-electron chi connectivity index (χ0n) is 5.46. The van der Waals surface area contributed by atoms with Crippen molar-refractivity contribution < 1.29 is 14.3 Å². The summed E-state index contributed by atoms with van der Waals surface area (Å²) in [6.07, 6.45) is 2.81. The van der Waals surface area contributed by atoms with Crippen molar-refractivity contribution in [1.29, 1.82) is 0 Å². The lowest BCUT2D eigenvalue weighted by atomic mass is 10.3. The Kier molecular flexibility index (Phi) is 1.45. The van der Waals surface area contributed by atoms with Crippen LogP contribution in [0.2, 0.25) is 0 Å². The summed E-state index contributed by atoms with van der Waals surface area (Å²) < 4.78 is 4.56. The highest BCUT2D eigenvalue weighted by Crippen LogP contribution is 2.11. The van der Waals surface area contributed by atoms with Gasteiger partial charge in [0.2, 0.25) is 11.6 Å². The number of rotatable bonds is 2. The van der Waals surface area contributed by atoms with Gasteiger partial charge in [0.05, 0.1) is 0 Å². The molecule has 0 saturated heterocycles. The third kappa shape index (κ3) is 1.15. The van der Waals surface area contributed by atoms with E-state index < -0.39 is 5.72 Å². The van der Waals surface area contributed by atoms with E-state index in [1.807, 2.05) is 0 Å². The summed E-state index contributed by atoms with van der Waals surface area (Å²) in [6, 6.07) is 0. The molecule has 1 N–H and O–H groups in total. The van der Waals surface area contributed by atoms with Gasteiger partial charge in [-0.1, -0.05) is 0 Å². The van der Waals surface area contributed by atoms with Crippen molar-refractivity contribution in [2.45, 2.75) is 12.6 Å². The van der Waals surface area contributed by atoms with Gasteiger partial charge in [0.25, 0.3) is 6.47 Å². The monoisotopic (exact) mass is 141 g/mol. The first-order valence-electron chi connectivity index (χ1n) is 2.79. The van der Waals surface area contributed by atoms with Crippen LogP contribution in [0.4, 0.5) is 0 Å². The fourth-order valence-corrected chi connectivity index (χ4v) is 0.731. The molecular formula is C6H7NO3. The second-order valence-corrected chi connectivity index (χ2v) is 2.14. The van der Waals surface area contributed by atoms with E-state index in [-0.39, 0.29) is 5.91 Å². The maximum Gasteiger partial charge on any atom is 0.295 e. The molecule has 1 heterocycles. The summed E-state index contributed by atoms with van der Waals surface area (Å²) in [6.45, 7) is 1.89. The minimum absolute atomic E-state index is 0.246. The number of ether oxygens (including phenoxy) is 1. The molecule has 1 aliphatic rings. The van der Waals surface area contributed by atoms with Gasteiger partial charge in [0.1, 0.15) is 0 Å². The van der Waals surface area contributed by atoms with Gasteiger partial charge in [-0.15, -0.1) is 0 Å². The van der Waals surface area contributed by atoms with Crippen LogP contribution >= 0.6 is 0 Å². The average molecular weight is 141 g/mol. The molecule has 1 rings (SSSR count). The summed E-state index contributed by atoms with van der Waals surface area (Å²) in [7, 11) is 0. The van der Waals surface area contributed by atoms with Crippen molar-refractivity contribution in [1.82, 2.24) is 5.32 Å². The number of carbonyl (C=O) groups is 2. The molecule has 0 aromatic heterocycles. The molecule has 1 atom stereocenters. The Morgan fingerprint density at radius 1 is 1.80 bits per heavy atom. The van der Waals surface area contributed by atoms with Crippen LogP contribution in [0.1, 0.15) is 6.92 Å². The molecule has 1 aliphatic heterocycles. The third-order valence-corrected chi connectivity index (χ3v) is 1.22. The minimum Gasteiger partial charge on any atom is -0.438 e. The maximum atomic E-state index is 10.5. The van der Waals surface area contributed by atoms with E-state index in [0.717, 1.165) is 0 Å². The largest absolute Gasteiger partial charge is 0.438 e. The Morgan fingerprint density at radius 3 is 2.90 bits per heavy atom. The van der Waals surface area contributed by atoms with Crippen LogP contribution in [0, 0.1) is 0 Å². The van der Waals surface area contributed by atoms with E-state index in [2.05, 4.69) is 10.1 Å². The molecule has 1 unspecified atom stereocenters. The fraction of sp³-hybridized carbons (Fsp3) is 0.333. The second-order valence-electron chi connectivity index (χ2n) is 2.14. The molecule has 4 nitrogen and oxygen atoms in total. The molecule has 10 heavy (non-hydrogen) atoms. The van der Waals surface area contributed by atoms with Crippen molar-refractivity contribution in [2.24, 2.45) is 0 Å². The minimum atomic E-state index is -0.932. The predicted octanol–water partition coefficient (Wildman–Crippen LogP) is -0.438. The summed E-state index contributed by atoms with van der Waals surface area (Å²) in [5.74, 6) is -0.246. The summed E-state index contributed by atoms with van der Waals surface area (Å²) >= 11 is 0. The smallest absolute Gasteiger partial charge is 0.295 e. The highest BCUT2D eigenvalue weighted by Gasteiger charge is 2.28. The lowest BCUT2D eigenvalue weighted by Crippen LogP contribution is -2.41. The molecule has 0 spiro atoms. The van der Waals surface area contributed by atoms with Crippen LogP contribution in [-0.2, 0) is 14.3 Å². The number of hydrogen-bond donors (Lipinski definition) is 1. The van der Waals surface area contributed by atoms with E-state index in [1.54, 1.807) is 6.92 Å². The first kappa shape index (κ1) is 6.80. The van der Waals surface area contributed by atoms with Crippen molar-refractivity contribution in [2.75, 3.05) is 0 Å². The van der Waals surface area contributed by atoms with Crippen molar-refractivity contribution in [3.63, 3.8) is 0 Å². The fourth-order valence-electron chi connectivity index (χ4n) is 0.731. The molecule has 1 amide bonds. The summed E-state index contributed by atoms with van der Waals surface area (Å²) in [5.41, 5.74) is -0.932. The third-order valence-electron chi connectivity index (χ3n) is 1.22. The Balaban J connectivity index is 2.64. The molecule has 0 fully saturated rings. The molecular weight excluding hydrogens is 134 g/mol. The molecule has 4 heteroatoms. The van der Waals surface area contributed by atoms with E-state index in [4.69, 9.17) is 0 Å². The van der Waals surface area contributed by atoms with Gasteiger partial charge >= 0.3 is 0 Å². The van der Waals surface area contributed by atoms with Gasteiger partial charge in [0.15, 0.2) is 0 Å². The molecule has 0 bridgehead atoms. The quantitative estimate of drug-likeness (QED) is 0.530. The SMILES string of the molecule is CC1(OC=O)C=CC(=O)N1. The van der Waals surface area contributed by atoms with Crippen LogP contribution in [0.25, 0.3) is 0 Å². The summed E-state index contributed by atoms with van der Waals surface area (Å²) in [4.78, 5) is 20.4. The molecule has 0 saturated carbocycles. The van der Waals surface area contributed by atoms with Gasteiger partial charge in [-0.25, -0.2) is 0 Å². The van der Waals surface area contributed by atoms with Crippen LogP contribution in [0.3, 0.4) is 0 Å². The number of carbonyl (C=O) groups excluding carboxylic acids is 2. The van der Waals surface area contributed by atoms with Crippen LogP contribution in [0.15, 0.2) is 12.2 Å². The first-order valence-corrected chi connectivity index (χ1v) is 2.79. The first-order chi connectivity index (χ1) is 4.66. The van der Waals surface area contributed by atoms with Gasteiger partial charge < -0.3 is 10.1 Å². The molecule has 0 radical (unpaired) electrons. The molecule has 0 aromatic carbocycles. The van der Waals surface area contributed by atoms with Crippen molar-refractivity contribution in [3.8, 4) is 0 Å². The predicted molar refractivity (Wildman–Crippen MR) is 32.8 cm³/mol. The Morgan fingerprint density at radius 2 is 2.50 bits per heavy atom. The van der Waals surface area contributed by atoms with Gasteiger partial charge in [-0.3, -0.25) is 9.59 Å². The van der Waals surface area contributed by atoms with E-state index in [1.165, 1.54) is 12.2 Å². The Hall–Kier alpha value is -1.32. The van der Waals surface area contributed by atoms with Gasteiger partial charge in [-0.2, -0.15) is 0 Å². The van der Waals surface area contributed by atoms with Crippen LogP contribution < -0.4 is 5.32 Å². The van der Waals surface area contributed by atoms with Gasteiger partial charge in [0, 0.05) is 6.08 Å². The Labute approximate surface area is 57.9 Å². The van der Waals surface area contributed by atoms with E-state index in [9.17, 15) is 9.59 Å². The normalized spacial score (nSPS) is 29.9. The maximum absolute atomic E-state index is 10.5. The average Bonchev–Trinajstić information content (AvgIpc) is 2.12. The topological polar surface area (TPSA) is 55.4 Å². The van der Waals surface area contributed by atoms with Crippen molar-refractivity contribution in [3.05, 3.63) is 12.2 Å². The van der Waals surface area contributed by atoms with Crippen LogP contribution in [0.5, 0.6) is 0 Å². The zero-order chi connectivity index (χ0) is 7.61. The highest BCUT2D eigenvalue weighted by atomic mass is 16.6. The second kappa shape index (κ2) is 2.13. The molecule has 0 aromatic rings. The standard InChI is InChI=1S/C6H7NO3/c1-6(10-4-8)3-2-5(9)7-6/h2-4H,1H3,(H,7,9). The number of nitrogens with one attached hydrogen (secondary N) is 1. The number of hydrogen-bond acceptors (Lipinski definition) is 3. The van der Waals surface area contributed by atoms with E-state index in [0.29, 0.717) is 6.47 Å². The molecule has 0 aliphatic carbocycles. The number of amides is 1. The van der Waals surface area contributed by atoms with Gasteiger partial charge in [-0.05, 0) is 13.0 Å². The van der Waals surface area contributed by atoms with Crippen molar-refractivity contribution >= 4 is 12.4 Å². The zero-order valence-corrected chi connectivity index (χ0v) is 5.46. The highest BCUT2D eigenvalue weighted by molar-refractivity contribution is 5.91.